The summed E-state index contributed by atoms with van der Waals surface area (Å²) in [6.45, 7) is 2.22. The first-order chi connectivity index (χ1) is 10.5. The molecule has 0 saturated carbocycles. The number of aryl methyl sites for hydroxylation is 1. The van der Waals surface area contributed by atoms with Gasteiger partial charge in [-0.25, -0.2) is 4.39 Å². The Morgan fingerprint density at radius 1 is 1.23 bits per heavy atom. The van der Waals surface area contributed by atoms with Gasteiger partial charge in [0.25, 0.3) is 5.91 Å². The number of amides is 1. The molecule has 0 radical (unpaired) electrons. The fourth-order valence-corrected chi connectivity index (χ4v) is 2.10. The molecule has 4 nitrogen and oxygen atoms in total. The average Bonchev–Trinajstić information content (AvgIpc) is 2.51. The van der Waals surface area contributed by atoms with E-state index in [1.54, 1.807) is 31.2 Å². The first-order valence-electron chi connectivity index (χ1n) is 7.01. The van der Waals surface area contributed by atoms with E-state index < -0.39 is 11.7 Å². The number of anilines is 2. The van der Waals surface area contributed by atoms with Gasteiger partial charge in [0.05, 0.1) is 12.2 Å². The van der Waals surface area contributed by atoms with Crippen LogP contribution in [0.15, 0.2) is 42.5 Å². The molecular formula is C17H19FN2O2. The summed E-state index contributed by atoms with van der Waals surface area (Å²) in [7, 11) is 1.87. The van der Waals surface area contributed by atoms with Crippen LogP contribution in [0.3, 0.4) is 0 Å². The van der Waals surface area contributed by atoms with Gasteiger partial charge in [-0.3, -0.25) is 4.79 Å². The van der Waals surface area contributed by atoms with Gasteiger partial charge in [-0.05, 0) is 42.8 Å². The molecule has 0 bridgehead atoms. The molecule has 22 heavy (non-hydrogen) atoms. The van der Waals surface area contributed by atoms with E-state index in [9.17, 15) is 9.18 Å². The maximum absolute atomic E-state index is 13.9. The number of aliphatic hydroxyl groups is 1. The fraction of sp³-hybridized carbons (Fsp3) is 0.235. The Labute approximate surface area is 129 Å². The lowest BCUT2D eigenvalue weighted by Gasteiger charge is -2.18. The third-order valence-corrected chi connectivity index (χ3v) is 3.44. The number of hydrogen-bond acceptors (Lipinski definition) is 3. The number of halogens is 1. The van der Waals surface area contributed by atoms with Gasteiger partial charge in [0.1, 0.15) is 5.82 Å². The first kappa shape index (κ1) is 16.0. The number of nitrogens with zero attached hydrogens (tertiary/aromatic N) is 1. The van der Waals surface area contributed by atoms with E-state index in [0.29, 0.717) is 17.8 Å². The van der Waals surface area contributed by atoms with Crippen molar-refractivity contribution < 1.29 is 14.3 Å². The second-order valence-corrected chi connectivity index (χ2v) is 5.08. The minimum Gasteiger partial charge on any atom is -0.395 e. The molecule has 0 spiro atoms. The Morgan fingerprint density at radius 3 is 2.55 bits per heavy atom. The molecule has 0 aromatic heterocycles. The van der Waals surface area contributed by atoms with Crippen molar-refractivity contribution in [3.8, 4) is 0 Å². The van der Waals surface area contributed by atoms with Gasteiger partial charge in [-0.2, -0.15) is 0 Å². The summed E-state index contributed by atoms with van der Waals surface area (Å²) in [4.78, 5) is 14.0. The number of likely N-dealkylation sites (N-methyl/N-ethyl adjacent to an activating group) is 1. The molecule has 2 rings (SSSR count). The van der Waals surface area contributed by atoms with Crippen molar-refractivity contribution in [3.63, 3.8) is 0 Å². The van der Waals surface area contributed by atoms with Gasteiger partial charge in [-0.1, -0.05) is 12.1 Å². The van der Waals surface area contributed by atoms with Crippen molar-refractivity contribution in [2.75, 3.05) is 30.4 Å². The molecular weight excluding hydrogens is 283 g/mol. The second-order valence-electron chi connectivity index (χ2n) is 5.08. The van der Waals surface area contributed by atoms with Crippen molar-refractivity contribution in [2.24, 2.45) is 0 Å². The molecule has 5 heteroatoms. The Balaban J connectivity index is 2.10. The quantitative estimate of drug-likeness (QED) is 0.893. The first-order valence-corrected chi connectivity index (χ1v) is 7.01. The third-order valence-electron chi connectivity index (χ3n) is 3.44. The fourth-order valence-electron chi connectivity index (χ4n) is 2.10. The third kappa shape index (κ3) is 3.62. The van der Waals surface area contributed by atoms with Crippen molar-refractivity contribution in [1.82, 2.24) is 0 Å². The van der Waals surface area contributed by atoms with Crippen LogP contribution in [-0.2, 0) is 0 Å². The highest BCUT2D eigenvalue weighted by Crippen LogP contribution is 2.18. The molecule has 0 saturated heterocycles. The molecule has 2 aromatic rings. The summed E-state index contributed by atoms with van der Waals surface area (Å²) in [5.74, 6) is -0.975. The van der Waals surface area contributed by atoms with Crippen molar-refractivity contribution >= 4 is 17.3 Å². The number of aliphatic hydroxyl groups excluding tert-OH is 1. The molecule has 2 N–H and O–H groups in total. The van der Waals surface area contributed by atoms with E-state index >= 15 is 0 Å². The lowest BCUT2D eigenvalue weighted by molar-refractivity contribution is 0.102. The number of rotatable bonds is 5. The molecule has 0 heterocycles. The number of carbonyl (C=O) groups is 1. The molecule has 2 aromatic carbocycles. The highest BCUT2D eigenvalue weighted by Gasteiger charge is 2.13. The van der Waals surface area contributed by atoms with Crippen LogP contribution in [0.4, 0.5) is 15.8 Å². The predicted octanol–water partition coefficient (Wildman–Crippen LogP) is 2.81. The highest BCUT2D eigenvalue weighted by atomic mass is 19.1. The van der Waals surface area contributed by atoms with Gasteiger partial charge < -0.3 is 15.3 Å². The van der Waals surface area contributed by atoms with Crippen LogP contribution >= 0.6 is 0 Å². The van der Waals surface area contributed by atoms with Gasteiger partial charge >= 0.3 is 0 Å². The Bertz CT molecular complexity index is 656. The van der Waals surface area contributed by atoms with Crippen LogP contribution < -0.4 is 10.2 Å². The van der Waals surface area contributed by atoms with Gasteiger partial charge in [-0.15, -0.1) is 0 Å². The van der Waals surface area contributed by atoms with Gasteiger partial charge in [0.2, 0.25) is 0 Å². The highest BCUT2D eigenvalue weighted by molar-refractivity contribution is 6.04. The number of benzene rings is 2. The van der Waals surface area contributed by atoms with Crippen LogP contribution in [0.25, 0.3) is 0 Å². The molecule has 116 valence electrons. The van der Waals surface area contributed by atoms with Crippen molar-refractivity contribution in [3.05, 3.63) is 59.4 Å². The molecule has 0 fully saturated rings. The van der Waals surface area contributed by atoms with E-state index in [4.69, 9.17) is 5.11 Å². The number of nitrogens with one attached hydrogen (secondary N) is 1. The largest absolute Gasteiger partial charge is 0.395 e. The zero-order valence-electron chi connectivity index (χ0n) is 12.6. The lowest BCUT2D eigenvalue weighted by Crippen LogP contribution is -2.21. The Hall–Kier alpha value is -2.40. The average molecular weight is 302 g/mol. The topological polar surface area (TPSA) is 52.6 Å². The van der Waals surface area contributed by atoms with Crippen LogP contribution in [0, 0.1) is 12.7 Å². The molecule has 0 aliphatic carbocycles. The van der Waals surface area contributed by atoms with Crippen LogP contribution in [0.2, 0.25) is 0 Å². The second kappa shape index (κ2) is 7.04. The van der Waals surface area contributed by atoms with Crippen LogP contribution in [0.1, 0.15) is 15.9 Å². The van der Waals surface area contributed by atoms with E-state index in [0.717, 1.165) is 5.69 Å². The summed E-state index contributed by atoms with van der Waals surface area (Å²) in [6, 6.07) is 11.9. The zero-order valence-corrected chi connectivity index (χ0v) is 12.6. The minimum atomic E-state index is -0.501. The smallest absolute Gasteiger partial charge is 0.258 e. The lowest BCUT2D eigenvalue weighted by atomic mass is 10.1. The molecule has 0 aliphatic rings. The molecule has 0 unspecified atom stereocenters. The zero-order chi connectivity index (χ0) is 16.1. The van der Waals surface area contributed by atoms with Gasteiger partial charge in [0.15, 0.2) is 0 Å². The maximum atomic E-state index is 13.9. The normalized spacial score (nSPS) is 10.4. The standard InChI is InChI=1S/C17H19FN2O2/c1-12-4-3-5-15(16(12)18)17(22)19-13-6-8-14(9-7-13)20(2)10-11-21/h3-9,21H,10-11H2,1-2H3,(H,19,22). The Morgan fingerprint density at radius 2 is 1.91 bits per heavy atom. The monoisotopic (exact) mass is 302 g/mol. The molecule has 0 atom stereocenters. The summed E-state index contributed by atoms with van der Waals surface area (Å²) in [6.07, 6.45) is 0. The van der Waals surface area contributed by atoms with Crippen molar-refractivity contribution in [1.29, 1.82) is 0 Å². The van der Waals surface area contributed by atoms with E-state index in [1.165, 1.54) is 6.07 Å². The van der Waals surface area contributed by atoms with E-state index in [2.05, 4.69) is 5.32 Å². The van der Waals surface area contributed by atoms with Gasteiger partial charge in [0, 0.05) is 25.0 Å². The van der Waals surface area contributed by atoms with E-state index in [1.807, 2.05) is 24.1 Å². The molecule has 1 amide bonds. The minimum absolute atomic E-state index is 0.0291. The van der Waals surface area contributed by atoms with Crippen LogP contribution in [0.5, 0.6) is 0 Å². The van der Waals surface area contributed by atoms with Crippen molar-refractivity contribution in [2.45, 2.75) is 6.92 Å². The van der Waals surface area contributed by atoms with Crippen LogP contribution in [-0.4, -0.2) is 31.2 Å². The predicted molar refractivity (Wildman–Crippen MR) is 85.9 cm³/mol. The summed E-state index contributed by atoms with van der Waals surface area (Å²) >= 11 is 0. The number of hydrogen-bond donors (Lipinski definition) is 2. The number of carbonyl (C=O) groups excluding carboxylic acids is 1. The summed E-state index contributed by atoms with van der Waals surface area (Å²) in [5, 5.41) is 11.6. The molecule has 0 aliphatic heterocycles. The summed E-state index contributed by atoms with van der Waals surface area (Å²) < 4.78 is 13.9. The maximum Gasteiger partial charge on any atom is 0.258 e. The van der Waals surface area contributed by atoms with E-state index in [-0.39, 0.29) is 12.2 Å². The SMILES string of the molecule is Cc1cccc(C(=O)Nc2ccc(N(C)CCO)cc2)c1F. The summed E-state index contributed by atoms with van der Waals surface area (Å²) in [5.41, 5.74) is 1.98. The Kier molecular flexibility index (Phi) is 5.12.